The fourth-order valence-electron chi connectivity index (χ4n) is 4.14. The molecule has 0 spiro atoms. The molecule has 0 aliphatic carbocycles. The number of hydrogen-bond donors (Lipinski definition) is 2. The second-order valence-corrected chi connectivity index (χ2v) is 9.50. The molecule has 2 N–H and O–H groups in total. The van der Waals surface area contributed by atoms with Crippen molar-refractivity contribution in [1.82, 2.24) is 5.43 Å². The Balaban J connectivity index is 1.31. The molecule has 1 amide bonds. The summed E-state index contributed by atoms with van der Waals surface area (Å²) in [6.45, 7) is 0.502. The van der Waals surface area contributed by atoms with Crippen LogP contribution in [-0.4, -0.2) is 31.1 Å². The number of hydrazone groups is 1. The molecule has 4 aromatic carbocycles. The molecule has 8 nitrogen and oxygen atoms in total. The van der Waals surface area contributed by atoms with Crippen LogP contribution in [0.4, 0.5) is 0 Å². The summed E-state index contributed by atoms with van der Waals surface area (Å²) >= 11 is 3.53. The normalized spacial score (nSPS) is 12.4. The Bertz CT molecular complexity index is 1460. The molecule has 0 fully saturated rings. The van der Waals surface area contributed by atoms with E-state index in [-0.39, 0.29) is 6.79 Å². The molecule has 1 aliphatic rings. The SMILES string of the molecule is COc1cc(/C=N\NC(=O)C(O)(c2ccccc2)c2ccccc2)c(Br)cc1OCc1ccc2c(c1)OCO2. The van der Waals surface area contributed by atoms with Crippen LogP contribution in [0.3, 0.4) is 0 Å². The van der Waals surface area contributed by atoms with Crippen LogP contribution in [0.15, 0.2) is 101 Å². The third-order valence-corrected chi connectivity index (χ3v) is 6.88. The molecule has 1 heterocycles. The lowest BCUT2D eigenvalue weighted by Gasteiger charge is -2.27. The van der Waals surface area contributed by atoms with E-state index in [1.54, 1.807) is 67.8 Å². The zero-order valence-electron chi connectivity index (χ0n) is 21.0. The minimum atomic E-state index is -1.93. The van der Waals surface area contributed by atoms with Crippen molar-refractivity contribution in [1.29, 1.82) is 0 Å². The van der Waals surface area contributed by atoms with Crippen LogP contribution in [0.1, 0.15) is 22.3 Å². The number of methoxy groups -OCH3 is 1. The molecule has 0 radical (unpaired) electrons. The molecule has 9 heteroatoms. The van der Waals surface area contributed by atoms with E-state index < -0.39 is 11.5 Å². The highest BCUT2D eigenvalue weighted by atomic mass is 79.9. The Kier molecular flexibility index (Phi) is 7.81. The van der Waals surface area contributed by atoms with E-state index in [0.29, 0.717) is 50.8 Å². The summed E-state index contributed by atoms with van der Waals surface area (Å²) < 4.78 is 23.0. The molecular formula is C30H25BrN2O6. The van der Waals surface area contributed by atoms with Crippen LogP contribution in [0.5, 0.6) is 23.0 Å². The lowest BCUT2D eigenvalue weighted by atomic mass is 9.85. The third-order valence-electron chi connectivity index (χ3n) is 6.20. The molecule has 5 rings (SSSR count). The smallest absolute Gasteiger partial charge is 0.281 e. The maximum Gasteiger partial charge on any atom is 0.281 e. The number of benzene rings is 4. The number of rotatable bonds is 9. The molecule has 0 atom stereocenters. The summed E-state index contributed by atoms with van der Waals surface area (Å²) in [5.41, 5.74) is 2.95. The van der Waals surface area contributed by atoms with Crippen molar-refractivity contribution in [2.75, 3.05) is 13.9 Å². The van der Waals surface area contributed by atoms with E-state index in [9.17, 15) is 9.90 Å². The highest BCUT2D eigenvalue weighted by Gasteiger charge is 2.39. The second-order valence-electron chi connectivity index (χ2n) is 8.64. The first kappa shape index (κ1) is 26.3. The number of aliphatic hydroxyl groups is 1. The van der Waals surface area contributed by atoms with Crippen molar-refractivity contribution in [2.45, 2.75) is 12.2 Å². The zero-order valence-corrected chi connectivity index (χ0v) is 22.6. The Morgan fingerprint density at radius 1 is 0.974 bits per heavy atom. The van der Waals surface area contributed by atoms with Gasteiger partial charge in [0.15, 0.2) is 28.6 Å². The number of hydrogen-bond acceptors (Lipinski definition) is 7. The predicted octanol–water partition coefficient (Wildman–Crippen LogP) is 5.15. The third kappa shape index (κ3) is 5.59. The highest BCUT2D eigenvalue weighted by molar-refractivity contribution is 9.10. The van der Waals surface area contributed by atoms with Gasteiger partial charge in [0.2, 0.25) is 6.79 Å². The van der Waals surface area contributed by atoms with Crippen LogP contribution < -0.4 is 24.4 Å². The van der Waals surface area contributed by atoms with Crippen molar-refractivity contribution >= 4 is 28.1 Å². The van der Waals surface area contributed by atoms with Crippen LogP contribution in [0.2, 0.25) is 0 Å². The predicted molar refractivity (Wildman–Crippen MR) is 149 cm³/mol. The summed E-state index contributed by atoms with van der Waals surface area (Å²) in [5, 5.41) is 15.7. The number of halogens is 1. The van der Waals surface area contributed by atoms with Gasteiger partial charge in [-0.3, -0.25) is 4.79 Å². The van der Waals surface area contributed by atoms with Gasteiger partial charge in [-0.15, -0.1) is 0 Å². The van der Waals surface area contributed by atoms with Crippen LogP contribution in [0, 0.1) is 0 Å². The van der Waals surface area contributed by atoms with Gasteiger partial charge in [0.25, 0.3) is 5.91 Å². The molecule has 0 unspecified atom stereocenters. The van der Waals surface area contributed by atoms with Crippen molar-refractivity contribution in [3.63, 3.8) is 0 Å². The number of fused-ring (bicyclic) bond motifs is 1. The van der Waals surface area contributed by atoms with Crippen molar-refractivity contribution < 1.29 is 28.8 Å². The van der Waals surface area contributed by atoms with Gasteiger partial charge in [-0.25, -0.2) is 5.43 Å². The summed E-state index contributed by atoms with van der Waals surface area (Å²) in [6, 6.07) is 26.6. The molecule has 4 aromatic rings. The topological polar surface area (TPSA) is 98.6 Å². The first-order valence-corrected chi connectivity index (χ1v) is 12.8. The first-order chi connectivity index (χ1) is 19.0. The van der Waals surface area contributed by atoms with Gasteiger partial charge in [-0.05, 0) is 56.9 Å². The molecule has 0 bridgehead atoms. The molecule has 1 aliphatic heterocycles. The number of ether oxygens (including phenoxy) is 4. The maximum atomic E-state index is 13.3. The minimum Gasteiger partial charge on any atom is -0.493 e. The van der Waals surface area contributed by atoms with Gasteiger partial charge in [0.1, 0.15) is 6.61 Å². The fourth-order valence-corrected chi connectivity index (χ4v) is 4.57. The number of carbonyl (C=O) groups is 1. The number of nitrogens with one attached hydrogen (secondary N) is 1. The first-order valence-electron chi connectivity index (χ1n) is 12.0. The van der Waals surface area contributed by atoms with E-state index in [2.05, 4.69) is 26.5 Å². The zero-order chi connectivity index (χ0) is 27.2. The van der Waals surface area contributed by atoms with Crippen LogP contribution >= 0.6 is 15.9 Å². The van der Waals surface area contributed by atoms with Crippen LogP contribution in [-0.2, 0) is 17.0 Å². The van der Waals surface area contributed by atoms with Gasteiger partial charge in [-0.1, -0.05) is 66.7 Å². The fraction of sp³-hybridized carbons (Fsp3) is 0.133. The van der Waals surface area contributed by atoms with E-state index >= 15 is 0 Å². The average Bonchev–Trinajstić information content (AvgIpc) is 3.45. The largest absolute Gasteiger partial charge is 0.493 e. The minimum absolute atomic E-state index is 0.210. The van der Waals surface area contributed by atoms with Crippen molar-refractivity contribution in [3.8, 4) is 23.0 Å². The molecule has 0 aromatic heterocycles. The monoisotopic (exact) mass is 588 g/mol. The summed E-state index contributed by atoms with van der Waals surface area (Å²) in [7, 11) is 1.54. The van der Waals surface area contributed by atoms with Gasteiger partial charge >= 0.3 is 0 Å². The summed E-state index contributed by atoms with van der Waals surface area (Å²) in [6.07, 6.45) is 1.46. The van der Waals surface area contributed by atoms with E-state index in [1.807, 2.05) is 30.3 Å². The molecule has 0 saturated heterocycles. The van der Waals surface area contributed by atoms with E-state index in [0.717, 1.165) is 5.56 Å². The number of amides is 1. The summed E-state index contributed by atoms with van der Waals surface area (Å²) in [5.74, 6) is 1.70. The molecular weight excluding hydrogens is 564 g/mol. The number of nitrogens with zero attached hydrogens (tertiary/aromatic N) is 1. The molecule has 198 valence electrons. The quantitative estimate of drug-likeness (QED) is 0.207. The Hall–Kier alpha value is -4.34. The van der Waals surface area contributed by atoms with Crippen LogP contribution in [0.25, 0.3) is 0 Å². The second kappa shape index (κ2) is 11.6. The Morgan fingerprint density at radius 3 is 2.31 bits per heavy atom. The van der Waals surface area contributed by atoms with Gasteiger partial charge in [0, 0.05) is 10.0 Å². The van der Waals surface area contributed by atoms with E-state index in [1.165, 1.54) is 6.21 Å². The standard InChI is InChI=1S/C30H25BrN2O6/c1-36-26-15-21(24(31)16-28(26)37-18-20-12-13-25-27(14-20)39-19-38-25)17-32-33-29(34)30(35,22-8-4-2-5-9-22)23-10-6-3-7-11-23/h2-17,35H,18-19H2,1H3,(H,33,34)/b32-17-. The van der Waals surface area contributed by atoms with Crippen molar-refractivity contribution in [3.05, 3.63) is 118 Å². The van der Waals surface area contributed by atoms with Gasteiger partial charge in [0.05, 0.1) is 13.3 Å². The van der Waals surface area contributed by atoms with Gasteiger partial charge in [-0.2, -0.15) is 5.10 Å². The lowest BCUT2D eigenvalue weighted by Crippen LogP contribution is -2.43. The molecule has 39 heavy (non-hydrogen) atoms. The van der Waals surface area contributed by atoms with E-state index in [4.69, 9.17) is 18.9 Å². The molecule has 0 saturated carbocycles. The Morgan fingerprint density at radius 2 is 1.64 bits per heavy atom. The summed E-state index contributed by atoms with van der Waals surface area (Å²) in [4.78, 5) is 13.3. The lowest BCUT2D eigenvalue weighted by molar-refractivity contribution is -0.136. The maximum absolute atomic E-state index is 13.3. The Labute approximate surface area is 233 Å². The highest BCUT2D eigenvalue weighted by Crippen LogP contribution is 2.36. The number of carbonyl (C=O) groups excluding carboxylic acids is 1. The van der Waals surface area contributed by atoms with Gasteiger partial charge < -0.3 is 24.1 Å². The van der Waals surface area contributed by atoms with Crippen molar-refractivity contribution in [2.24, 2.45) is 5.10 Å². The average molecular weight is 589 g/mol.